The van der Waals surface area contributed by atoms with Gasteiger partial charge in [0.25, 0.3) is 0 Å². The lowest BCUT2D eigenvalue weighted by atomic mass is 10.0. The molecule has 0 saturated carbocycles. The predicted molar refractivity (Wildman–Crippen MR) is 115 cm³/mol. The van der Waals surface area contributed by atoms with Crippen LogP contribution in [0.2, 0.25) is 5.02 Å². The molecule has 1 saturated heterocycles. The first-order valence-corrected chi connectivity index (χ1v) is 11.8. The van der Waals surface area contributed by atoms with Gasteiger partial charge < -0.3 is 4.90 Å². The first-order valence-electron chi connectivity index (χ1n) is 9.57. The Balaban J connectivity index is 1.59. The monoisotopic (exact) mass is 435 g/mol. The number of amides is 1. The summed E-state index contributed by atoms with van der Waals surface area (Å²) >= 11 is 5.93. The van der Waals surface area contributed by atoms with Gasteiger partial charge in [-0.15, -0.1) is 0 Å². The summed E-state index contributed by atoms with van der Waals surface area (Å²) in [4.78, 5) is 17.0. The van der Waals surface area contributed by atoms with E-state index in [1.165, 1.54) is 5.56 Å². The number of nitrogens with one attached hydrogen (secondary N) is 1. The molecule has 156 valence electrons. The van der Waals surface area contributed by atoms with E-state index in [9.17, 15) is 13.2 Å². The Morgan fingerprint density at radius 3 is 2.24 bits per heavy atom. The summed E-state index contributed by atoms with van der Waals surface area (Å²) < 4.78 is 26.1. The number of piperazine rings is 1. The van der Waals surface area contributed by atoms with E-state index in [2.05, 4.69) is 21.8 Å². The van der Waals surface area contributed by atoms with Crippen LogP contribution < -0.4 is 4.72 Å². The summed E-state index contributed by atoms with van der Waals surface area (Å²) in [5, 5.41) is 0.563. The van der Waals surface area contributed by atoms with Crippen LogP contribution in [0.4, 0.5) is 0 Å². The van der Waals surface area contributed by atoms with Crippen molar-refractivity contribution in [2.24, 2.45) is 0 Å². The summed E-state index contributed by atoms with van der Waals surface area (Å²) in [5.41, 5.74) is 1.98. The first kappa shape index (κ1) is 21.8. The molecule has 2 aromatic carbocycles. The van der Waals surface area contributed by atoms with Crippen LogP contribution in [0.15, 0.2) is 54.6 Å². The first-order chi connectivity index (χ1) is 13.8. The normalized spacial score (nSPS) is 16.6. The van der Waals surface area contributed by atoms with Gasteiger partial charge in [0.15, 0.2) is 0 Å². The van der Waals surface area contributed by atoms with Crippen molar-refractivity contribution in [2.75, 3.05) is 32.4 Å². The number of nitrogens with zero attached hydrogens (tertiary/aromatic N) is 2. The number of sulfonamides is 1. The molecule has 0 aliphatic carbocycles. The van der Waals surface area contributed by atoms with Gasteiger partial charge >= 0.3 is 0 Å². The van der Waals surface area contributed by atoms with Gasteiger partial charge in [-0.3, -0.25) is 9.69 Å². The fraction of sp³-hybridized carbons (Fsp3) is 0.381. The Morgan fingerprint density at radius 2 is 1.66 bits per heavy atom. The van der Waals surface area contributed by atoms with Crippen LogP contribution in [0, 0.1) is 0 Å². The van der Waals surface area contributed by atoms with Crippen LogP contribution in [0.5, 0.6) is 0 Å². The molecule has 0 bridgehead atoms. The highest BCUT2D eigenvalue weighted by Crippen LogP contribution is 2.22. The van der Waals surface area contributed by atoms with Crippen molar-refractivity contribution in [3.8, 4) is 0 Å². The zero-order valence-corrected chi connectivity index (χ0v) is 18.0. The summed E-state index contributed by atoms with van der Waals surface area (Å²) in [6.45, 7) is 3.74. The molecule has 1 aliphatic rings. The molecule has 8 heteroatoms. The lowest BCUT2D eigenvalue weighted by Gasteiger charge is -2.35. The molecule has 1 heterocycles. The van der Waals surface area contributed by atoms with E-state index in [1.54, 1.807) is 24.3 Å². The molecular formula is C21H26ClN3O3S. The zero-order chi connectivity index (χ0) is 20.9. The van der Waals surface area contributed by atoms with Crippen LogP contribution in [0.25, 0.3) is 0 Å². The van der Waals surface area contributed by atoms with Crippen molar-refractivity contribution in [1.29, 1.82) is 0 Å². The van der Waals surface area contributed by atoms with Gasteiger partial charge in [-0.1, -0.05) is 54.1 Å². The lowest BCUT2D eigenvalue weighted by Crippen LogP contribution is -2.49. The molecule has 6 nitrogen and oxygen atoms in total. The van der Waals surface area contributed by atoms with Crippen molar-refractivity contribution in [1.82, 2.24) is 14.5 Å². The summed E-state index contributed by atoms with van der Waals surface area (Å²) in [6.07, 6.45) is 1.18. The van der Waals surface area contributed by atoms with E-state index in [-0.39, 0.29) is 12.3 Å². The Kier molecular flexibility index (Phi) is 7.29. The molecule has 1 atom stereocenters. The second-order valence-electron chi connectivity index (χ2n) is 7.34. The molecule has 2 aromatic rings. The van der Waals surface area contributed by atoms with Crippen molar-refractivity contribution >= 4 is 27.5 Å². The third-order valence-electron chi connectivity index (χ3n) is 4.98. The highest BCUT2D eigenvalue weighted by Gasteiger charge is 2.26. The quantitative estimate of drug-likeness (QED) is 0.725. The van der Waals surface area contributed by atoms with Gasteiger partial charge in [-0.25, -0.2) is 13.1 Å². The summed E-state index contributed by atoms with van der Waals surface area (Å²) in [7, 11) is -3.46. The topological polar surface area (TPSA) is 69.7 Å². The molecule has 29 heavy (non-hydrogen) atoms. The van der Waals surface area contributed by atoms with E-state index >= 15 is 0 Å². The van der Waals surface area contributed by atoms with E-state index in [0.29, 0.717) is 18.1 Å². The molecule has 3 rings (SSSR count). The lowest BCUT2D eigenvalue weighted by molar-refractivity contribution is -0.133. The van der Waals surface area contributed by atoms with Crippen molar-refractivity contribution in [2.45, 2.75) is 19.0 Å². The number of hydrogen-bond donors (Lipinski definition) is 1. The van der Waals surface area contributed by atoms with Gasteiger partial charge in [0, 0.05) is 44.2 Å². The van der Waals surface area contributed by atoms with Crippen molar-refractivity contribution in [3.63, 3.8) is 0 Å². The number of rotatable bonds is 7. The minimum atomic E-state index is -3.46. The molecule has 1 fully saturated rings. The Hall–Kier alpha value is -1.93. The van der Waals surface area contributed by atoms with Gasteiger partial charge in [-0.2, -0.15) is 0 Å². The second-order valence-corrected chi connectivity index (χ2v) is 9.56. The fourth-order valence-electron chi connectivity index (χ4n) is 3.48. The van der Waals surface area contributed by atoms with E-state index < -0.39 is 16.1 Å². The van der Waals surface area contributed by atoms with Crippen LogP contribution in [-0.2, 0) is 21.4 Å². The van der Waals surface area contributed by atoms with Gasteiger partial charge in [-0.05, 0) is 23.3 Å². The summed E-state index contributed by atoms with van der Waals surface area (Å²) in [5.74, 6) is -0.0551. The average molecular weight is 436 g/mol. The van der Waals surface area contributed by atoms with Crippen LogP contribution in [-0.4, -0.2) is 56.6 Å². The molecular weight excluding hydrogens is 410 g/mol. The fourth-order valence-corrected chi connectivity index (χ4v) is 4.34. The molecule has 1 amide bonds. The molecule has 0 spiro atoms. The number of hydrogen-bond acceptors (Lipinski definition) is 4. The number of benzene rings is 2. The smallest absolute Gasteiger partial charge is 0.224 e. The maximum Gasteiger partial charge on any atom is 0.224 e. The van der Waals surface area contributed by atoms with Gasteiger partial charge in [0.05, 0.1) is 12.3 Å². The zero-order valence-electron chi connectivity index (χ0n) is 16.4. The predicted octanol–water partition coefficient (Wildman–Crippen LogP) is 2.66. The molecule has 0 aromatic heterocycles. The maximum absolute atomic E-state index is 12.8. The number of halogens is 1. The van der Waals surface area contributed by atoms with Crippen LogP contribution in [0.3, 0.4) is 0 Å². The Morgan fingerprint density at radius 1 is 1.03 bits per heavy atom. The number of carbonyl (C=O) groups excluding carboxylic acids is 1. The highest BCUT2D eigenvalue weighted by molar-refractivity contribution is 7.88. The molecule has 1 aliphatic heterocycles. The average Bonchev–Trinajstić information content (AvgIpc) is 2.68. The second kappa shape index (κ2) is 9.71. The van der Waals surface area contributed by atoms with E-state index in [0.717, 1.165) is 31.5 Å². The van der Waals surface area contributed by atoms with Gasteiger partial charge in [0.1, 0.15) is 0 Å². The highest BCUT2D eigenvalue weighted by atomic mass is 35.5. The standard InChI is InChI=1S/C21H26ClN3O3S/c1-29(27,28)23-20(18-7-9-19(22)10-8-18)15-21(26)25-13-11-24(12-14-25)16-17-5-3-2-4-6-17/h2-10,20,23H,11-16H2,1H3. The minimum Gasteiger partial charge on any atom is -0.340 e. The summed E-state index contributed by atoms with van der Waals surface area (Å²) in [6, 6.07) is 16.5. The number of carbonyl (C=O) groups is 1. The molecule has 1 unspecified atom stereocenters. The Bertz CT molecular complexity index is 912. The molecule has 0 radical (unpaired) electrons. The van der Waals surface area contributed by atoms with Crippen molar-refractivity contribution < 1.29 is 13.2 Å². The van der Waals surface area contributed by atoms with E-state index in [1.807, 2.05) is 23.1 Å². The minimum absolute atomic E-state index is 0.0551. The van der Waals surface area contributed by atoms with E-state index in [4.69, 9.17) is 11.6 Å². The third-order valence-corrected chi connectivity index (χ3v) is 5.95. The third kappa shape index (κ3) is 6.82. The van der Waals surface area contributed by atoms with Crippen LogP contribution >= 0.6 is 11.6 Å². The molecule has 1 N–H and O–H groups in total. The maximum atomic E-state index is 12.8. The van der Waals surface area contributed by atoms with Crippen LogP contribution in [0.1, 0.15) is 23.6 Å². The van der Waals surface area contributed by atoms with Crippen molar-refractivity contribution in [3.05, 3.63) is 70.7 Å². The Labute approximate surface area is 177 Å². The van der Waals surface area contributed by atoms with Gasteiger partial charge in [0.2, 0.25) is 15.9 Å². The SMILES string of the molecule is CS(=O)(=O)NC(CC(=O)N1CCN(Cc2ccccc2)CC1)c1ccc(Cl)cc1. The largest absolute Gasteiger partial charge is 0.340 e.